The molecule has 0 aliphatic heterocycles. The van der Waals surface area contributed by atoms with Gasteiger partial charge in [-0.15, -0.1) is 0 Å². The first-order valence-corrected chi connectivity index (χ1v) is 7.47. The highest BCUT2D eigenvalue weighted by molar-refractivity contribution is 6.30. The molecule has 2 N–H and O–H groups in total. The van der Waals surface area contributed by atoms with Crippen molar-refractivity contribution in [2.75, 3.05) is 26.1 Å². The van der Waals surface area contributed by atoms with Gasteiger partial charge in [0.25, 0.3) is 0 Å². The van der Waals surface area contributed by atoms with Gasteiger partial charge in [-0.3, -0.25) is 0 Å². The Kier molecular flexibility index (Phi) is 5.84. The van der Waals surface area contributed by atoms with E-state index in [2.05, 4.69) is 5.32 Å². The van der Waals surface area contributed by atoms with E-state index in [1.54, 1.807) is 50.6 Å². The van der Waals surface area contributed by atoms with Crippen molar-refractivity contribution in [2.45, 2.75) is 6.04 Å². The first kappa shape index (κ1) is 17.1. The number of rotatable bonds is 5. The molecule has 2 amide bonds. The van der Waals surface area contributed by atoms with E-state index in [1.807, 2.05) is 12.1 Å². The normalized spacial score (nSPS) is 11.7. The second-order valence-corrected chi connectivity index (χ2v) is 5.46. The number of benzene rings is 2. The Morgan fingerprint density at radius 3 is 2.35 bits per heavy atom. The maximum Gasteiger partial charge on any atom is 0.322 e. The predicted octanol–water partition coefficient (Wildman–Crippen LogP) is 3.55. The maximum absolute atomic E-state index is 12.3. The Hall–Kier alpha value is -2.24. The fourth-order valence-electron chi connectivity index (χ4n) is 2.16. The van der Waals surface area contributed by atoms with Gasteiger partial charge < -0.3 is 20.1 Å². The maximum atomic E-state index is 12.3. The molecule has 2 aromatic carbocycles. The molecule has 0 heterocycles. The number of aliphatic hydroxyl groups excluding tert-OH is 1. The van der Waals surface area contributed by atoms with Gasteiger partial charge in [-0.05, 0) is 42.0 Å². The fraction of sp³-hybridized carbons (Fsp3) is 0.235. The van der Waals surface area contributed by atoms with Crippen molar-refractivity contribution in [1.82, 2.24) is 4.90 Å². The van der Waals surface area contributed by atoms with Crippen LogP contribution in [0.3, 0.4) is 0 Å². The zero-order valence-electron chi connectivity index (χ0n) is 13.0. The summed E-state index contributed by atoms with van der Waals surface area (Å²) in [5, 5.41) is 13.0. The van der Waals surface area contributed by atoms with E-state index in [1.165, 1.54) is 4.90 Å². The standard InChI is InChI=1S/C17H19ClN2O3/c1-20(17(22)19-14-7-5-13(18)6-8-14)16(11-21)12-3-9-15(23-2)10-4-12/h3-10,16,21H,11H2,1-2H3,(H,19,22). The second-order valence-electron chi connectivity index (χ2n) is 5.02. The number of methoxy groups -OCH3 is 1. The van der Waals surface area contributed by atoms with E-state index >= 15 is 0 Å². The number of hydrogen-bond donors (Lipinski definition) is 2. The number of urea groups is 1. The van der Waals surface area contributed by atoms with Crippen LogP contribution >= 0.6 is 11.6 Å². The summed E-state index contributed by atoms with van der Waals surface area (Å²) in [6.07, 6.45) is 0. The monoisotopic (exact) mass is 334 g/mol. The molecule has 1 unspecified atom stereocenters. The summed E-state index contributed by atoms with van der Waals surface area (Å²) in [6, 6.07) is 13.3. The lowest BCUT2D eigenvalue weighted by Crippen LogP contribution is -2.36. The third kappa shape index (κ3) is 4.37. The van der Waals surface area contributed by atoms with Gasteiger partial charge in [-0.25, -0.2) is 4.79 Å². The molecule has 0 fully saturated rings. The van der Waals surface area contributed by atoms with Crippen molar-refractivity contribution in [3.8, 4) is 5.75 Å². The quantitative estimate of drug-likeness (QED) is 0.879. The smallest absolute Gasteiger partial charge is 0.322 e. The number of amides is 2. The van der Waals surface area contributed by atoms with Gasteiger partial charge in [-0.2, -0.15) is 0 Å². The molecule has 6 heteroatoms. The van der Waals surface area contributed by atoms with E-state index < -0.39 is 6.04 Å². The minimum absolute atomic E-state index is 0.184. The summed E-state index contributed by atoms with van der Waals surface area (Å²) >= 11 is 5.82. The minimum atomic E-state index is -0.451. The first-order chi connectivity index (χ1) is 11.0. The summed E-state index contributed by atoms with van der Waals surface area (Å²) in [7, 11) is 3.22. The van der Waals surface area contributed by atoms with Gasteiger partial charge in [0, 0.05) is 17.8 Å². The third-order valence-electron chi connectivity index (χ3n) is 3.56. The minimum Gasteiger partial charge on any atom is -0.497 e. The van der Waals surface area contributed by atoms with Crippen LogP contribution < -0.4 is 10.1 Å². The zero-order chi connectivity index (χ0) is 16.8. The summed E-state index contributed by atoms with van der Waals surface area (Å²) in [5.41, 5.74) is 1.46. The molecule has 5 nitrogen and oxygen atoms in total. The molecule has 0 aliphatic rings. The molecule has 0 aromatic heterocycles. The highest BCUT2D eigenvalue weighted by Gasteiger charge is 2.21. The highest BCUT2D eigenvalue weighted by atomic mass is 35.5. The van der Waals surface area contributed by atoms with Crippen LogP contribution in [0, 0.1) is 0 Å². The molecule has 0 bridgehead atoms. The van der Waals surface area contributed by atoms with E-state index in [0.717, 1.165) is 11.3 Å². The van der Waals surface area contributed by atoms with Crippen molar-refractivity contribution >= 4 is 23.3 Å². The summed E-state index contributed by atoms with van der Waals surface area (Å²) in [6.45, 7) is -0.184. The molecule has 2 aromatic rings. The van der Waals surface area contributed by atoms with Gasteiger partial charge in [-0.1, -0.05) is 23.7 Å². The van der Waals surface area contributed by atoms with Gasteiger partial charge in [0.2, 0.25) is 0 Å². The van der Waals surface area contributed by atoms with Crippen LogP contribution in [0.4, 0.5) is 10.5 Å². The molecular weight excluding hydrogens is 316 g/mol. The summed E-state index contributed by atoms with van der Waals surface area (Å²) < 4.78 is 5.11. The van der Waals surface area contributed by atoms with Crippen molar-refractivity contribution in [3.05, 3.63) is 59.1 Å². The van der Waals surface area contributed by atoms with Crippen LogP contribution in [0.25, 0.3) is 0 Å². The molecule has 1 atom stereocenters. The summed E-state index contributed by atoms with van der Waals surface area (Å²) in [5.74, 6) is 0.721. The second kappa shape index (κ2) is 7.85. The fourth-order valence-corrected chi connectivity index (χ4v) is 2.29. The molecule has 0 aliphatic carbocycles. The number of likely N-dealkylation sites (N-methyl/N-ethyl adjacent to an activating group) is 1. The van der Waals surface area contributed by atoms with Crippen LogP contribution in [0.5, 0.6) is 5.75 Å². The number of nitrogens with one attached hydrogen (secondary N) is 1. The number of halogens is 1. The predicted molar refractivity (Wildman–Crippen MR) is 91.1 cm³/mol. The number of carbonyl (C=O) groups is 1. The number of anilines is 1. The molecular formula is C17H19ClN2O3. The summed E-state index contributed by atoms with van der Waals surface area (Å²) in [4.78, 5) is 13.8. The lowest BCUT2D eigenvalue weighted by Gasteiger charge is -2.27. The van der Waals surface area contributed by atoms with Crippen LogP contribution in [0.1, 0.15) is 11.6 Å². The average molecular weight is 335 g/mol. The van der Waals surface area contributed by atoms with Crippen molar-refractivity contribution < 1.29 is 14.6 Å². The third-order valence-corrected chi connectivity index (χ3v) is 3.81. The van der Waals surface area contributed by atoms with E-state index in [9.17, 15) is 9.90 Å². The SMILES string of the molecule is COc1ccc(C(CO)N(C)C(=O)Nc2ccc(Cl)cc2)cc1. The topological polar surface area (TPSA) is 61.8 Å². The number of aliphatic hydroxyl groups is 1. The van der Waals surface area contributed by atoms with Gasteiger partial charge in [0.15, 0.2) is 0 Å². The molecule has 23 heavy (non-hydrogen) atoms. The lowest BCUT2D eigenvalue weighted by molar-refractivity contribution is 0.159. The van der Waals surface area contributed by atoms with E-state index in [0.29, 0.717) is 10.7 Å². The number of ether oxygens (including phenoxy) is 1. The molecule has 2 rings (SSSR count). The van der Waals surface area contributed by atoms with Crippen molar-refractivity contribution in [1.29, 1.82) is 0 Å². The number of hydrogen-bond acceptors (Lipinski definition) is 3. The van der Waals surface area contributed by atoms with Gasteiger partial charge >= 0.3 is 6.03 Å². The van der Waals surface area contributed by atoms with E-state index in [-0.39, 0.29) is 12.6 Å². The van der Waals surface area contributed by atoms with Crippen molar-refractivity contribution in [2.24, 2.45) is 0 Å². The van der Waals surface area contributed by atoms with Crippen LogP contribution in [-0.4, -0.2) is 36.8 Å². The Morgan fingerprint density at radius 2 is 1.83 bits per heavy atom. The molecule has 0 radical (unpaired) electrons. The zero-order valence-corrected chi connectivity index (χ0v) is 13.7. The van der Waals surface area contributed by atoms with Gasteiger partial charge in [0.1, 0.15) is 5.75 Å². The molecule has 122 valence electrons. The number of nitrogens with zero attached hydrogens (tertiary/aromatic N) is 1. The highest BCUT2D eigenvalue weighted by Crippen LogP contribution is 2.23. The first-order valence-electron chi connectivity index (χ1n) is 7.09. The van der Waals surface area contributed by atoms with Crippen LogP contribution in [0.15, 0.2) is 48.5 Å². The van der Waals surface area contributed by atoms with E-state index in [4.69, 9.17) is 16.3 Å². The van der Waals surface area contributed by atoms with Crippen LogP contribution in [0.2, 0.25) is 5.02 Å². The van der Waals surface area contributed by atoms with Crippen LogP contribution in [-0.2, 0) is 0 Å². The largest absolute Gasteiger partial charge is 0.497 e. The number of carbonyl (C=O) groups excluding carboxylic acids is 1. The Morgan fingerprint density at radius 1 is 1.22 bits per heavy atom. The Bertz CT molecular complexity index is 644. The molecule has 0 spiro atoms. The lowest BCUT2D eigenvalue weighted by atomic mass is 10.1. The Balaban J connectivity index is 2.09. The molecule has 0 saturated carbocycles. The van der Waals surface area contributed by atoms with Gasteiger partial charge in [0.05, 0.1) is 19.8 Å². The Labute approximate surface area is 140 Å². The van der Waals surface area contributed by atoms with Crippen molar-refractivity contribution in [3.63, 3.8) is 0 Å². The average Bonchev–Trinajstić information content (AvgIpc) is 2.58. The molecule has 0 saturated heterocycles.